The highest BCUT2D eigenvalue weighted by molar-refractivity contribution is 6.87. The highest BCUT2D eigenvalue weighted by Crippen LogP contribution is 2.25. The van der Waals surface area contributed by atoms with E-state index >= 15 is 0 Å². The monoisotopic (exact) mass is 305 g/mol. The van der Waals surface area contributed by atoms with Crippen LogP contribution < -0.4 is 0 Å². The third-order valence-corrected chi connectivity index (χ3v) is 11.6. The fourth-order valence-corrected chi connectivity index (χ4v) is 14.5. The predicted molar refractivity (Wildman–Crippen MR) is 82.9 cm³/mol. The lowest BCUT2D eigenvalue weighted by Gasteiger charge is -2.38. The molecule has 0 fully saturated rings. The zero-order valence-electron chi connectivity index (χ0n) is 12.8. The minimum atomic E-state index is -2.14. The number of aliphatic imine (C=N–C) groups is 1. The molecule has 0 aromatic carbocycles. The number of isocyanates is 1. The quantitative estimate of drug-likeness (QED) is 0.298. The summed E-state index contributed by atoms with van der Waals surface area (Å²) >= 11 is 0. The fraction of sp³-hybridized carbons (Fsp3) is 0.909. The second-order valence-corrected chi connectivity index (χ2v) is 19.5. The molecule has 0 aromatic rings. The van der Waals surface area contributed by atoms with Crippen LogP contribution in [0, 0.1) is 0 Å². The highest BCUT2D eigenvalue weighted by atomic mass is 28.5. The average molecular weight is 306 g/mol. The normalized spacial score (nSPS) is 13.3. The summed E-state index contributed by atoms with van der Waals surface area (Å²) in [7, 11) is -5.36. The van der Waals surface area contributed by atoms with Crippen LogP contribution in [0.2, 0.25) is 51.9 Å². The Morgan fingerprint density at radius 3 is 1.72 bits per heavy atom. The zero-order chi connectivity index (χ0) is 14.4. The van der Waals surface area contributed by atoms with Gasteiger partial charge in [-0.3, -0.25) is 0 Å². The molecule has 0 aliphatic rings. The topological polar surface area (TPSA) is 47.9 Å². The summed E-state index contributed by atoms with van der Waals surface area (Å²) in [6, 6.07) is 0.896. The van der Waals surface area contributed by atoms with E-state index in [0.717, 1.165) is 12.5 Å². The molecular weight excluding hydrogens is 278 g/mol. The molecule has 0 amide bonds. The van der Waals surface area contributed by atoms with Crippen molar-refractivity contribution in [1.29, 1.82) is 0 Å². The lowest BCUT2D eigenvalue weighted by atomic mass is 10.5. The molecule has 0 heterocycles. The molecule has 0 bridgehead atoms. The van der Waals surface area contributed by atoms with Gasteiger partial charge in [-0.1, -0.05) is 0 Å². The van der Waals surface area contributed by atoms with Gasteiger partial charge in [0.1, 0.15) is 0 Å². The Bertz CT molecular complexity index is 288. The lowest BCUT2D eigenvalue weighted by molar-refractivity contribution is 0.382. The van der Waals surface area contributed by atoms with Gasteiger partial charge in [-0.2, -0.15) is 0 Å². The van der Waals surface area contributed by atoms with E-state index in [9.17, 15) is 4.79 Å². The van der Waals surface area contributed by atoms with Gasteiger partial charge in [0.2, 0.25) is 6.08 Å². The van der Waals surface area contributed by atoms with Crippen LogP contribution in [0.25, 0.3) is 0 Å². The van der Waals surface area contributed by atoms with E-state index in [2.05, 4.69) is 50.8 Å². The summed E-state index contributed by atoms with van der Waals surface area (Å²) in [4.78, 5) is 13.7. The highest BCUT2D eigenvalue weighted by Gasteiger charge is 2.39. The van der Waals surface area contributed by atoms with Gasteiger partial charge in [-0.25, -0.2) is 9.79 Å². The first-order valence-electron chi connectivity index (χ1n) is 6.41. The van der Waals surface area contributed by atoms with E-state index < -0.39 is 25.2 Å². The van der Waals surface area contributed by atoms with Crippen molar-refractivity contribution in [1.82, 2.24) is 0 Å². The zero-order valence-corrected chi connectivity index (χ0v) is 15.8. The smallest absolute Gasteiger partial charge is 0.314 e. The van der Waals surface area contributed by atoms with Gasteiger partial charge in [0, 0.05) is 0 Å². The molecule has 0 saturated heterocycles. The maximum absolute atomic E-state index is 10.1. The maximum atomic E-state index is 10.1. The first kappa shape index (κ1) is 18.0. The maximum Gasteiger partial charge on any atom is 0.314 e. The minimum absolute atomic E-state index is 0.524. The molecule has 7 heteroatoms. The lowest BCUT2D eigenvalue weighted by Crippen LogP contribution is -2.52. The Morgan fingerprint density at radius 1 is 0.944 bits per heavy atom. The van der Waals surface area contributed by atoms with Gasteiger partial charge in [-0.15, -0.1) is 0 Å². The Labute approximate surface area is 114 Å². The van der Waals surface area contributed by atoms with Crippen LogP contribution >= 0.6 is 0 Å². The molecule has 0 saturated carbocycles. The van der Waals surface area contributed by atoms with Crippen LogP contribution in [-0.2, 0) is 13.0 Å². The first-order chi connectivity index (χ1) is 7.97. The van der Waals surface area contributed by atoms with Gasteiger partial charge in [-0.05, 0) is 58.3 Å². The Hall–Kier alpha value is -0.0494. The van der Waals surface area contributed by atoms with E-state index in [1.54, 1.807) is 6.08 Å². The Morgan fingerprint density at radius 2 is 1.39 bits per heavy atom. The molecule has 0 rings (SSSR count). The van der Waals surface area contributed by atoms with Gasteiger partial charge in [0.25, 0.3) is 0 Å². The molecule has 0 aliphatic carbocycles. The second kappa shape index (κ2) is 6.93. The van der Waals surface area contributed by atoms with Crippen molar-refractivity contribution in [3.05, 3.63) is 0 Å². The molecule has 0 aromatic heterocycles. The van der Waals surface area contributed by atoms with Gasteiger partial charge in [0.05, 0.1) is 6.54 Å². The first-order valence-corrected chi connectivity index (χ1v) is 15.8. The molecule has 0 unspecified atom stereocenters. The molecule has 4 nitrogen and oxygen atoms in total. The number of nitrogens with zero attached hydrogens (tertiary/aromatic N) is 1. The summed E-state index contributed by atoms with van der Waals surface area (Å²) in [5.41, 5.74) is 0. The van der Waals surface area contributed by atoms with E-state index in [1.807, 2.05) is 0 Å². The third kappa shape index (κ3) is 9.93. The average Bonchev–Trinajstić information content (AvgIpc) is 2.05. The predicted octanol–water partition coefficient (Wildman–Crippen LogP) is 3.49. The molecular formula is C11H27NO3Si3. The van der Waals surface area contributed by atoms with Crippen LogP contribution in [0.3, 0.4) is 0 Å². The van der Waals surface area contributed by atoms with Gasteiger partial charge < -0.3 is 8.23 Å². The van der Waals surface area contributed by atoms with E-state index in [1.165, 1.54) is 0 Å². The Kier molecular flexibility index (Phi) is 6.91. The van der Waals surface area contributed by atoms with Crippen LogP contribution in [0.15, 0.2) is 4.99 Å². The van der Waals surface area contributed by atoms with Crippen molar-refractivity contribution in [3.63, 3.8) is 0 Å². The molecule has 106 valence electrons. The van der Waals surface area contributed by atoms with Gasteiger partial charge in [0.15, 0.2) is 16.6 Å². The Balaban J connectivity index is 4.64. The van der Waals surface area contributed by atoms with E-state index in [-0.39, 0.29) is 0 Å². The molecule has 0 aliphatic heterocycles. The SMILES string of the molecule is C[Si](C)(C)O[Si](C)(CCCN=C=O)O[Si](C)(C)C. The number of hydrogen-bond acceptors (Lipinski definition) is 4. The summed E-state index contributed by atoms with van der Waals surface area (Å²) in [5, 5.41) is 0. The van der Waals surface area contributed by atoms with Crippen molar-refractivity contribution >= 4 is 31.3 Å². The molecule has 0 spiro atoms. The fourth-order valence-electron chi connectivity index (χ4n) is 1.94. The standard InChI is InChI=1S/C11H27NO3Si3/c1-16(2,3)14-18(7,15-17(4,5)6)10-8-9-12-11-13/h8-10H2,1-7H3. The number of hydrogen-bond donors (Lipinski definition) is 0. The molecule has 0 atom stereocenters. The largest absolute Gasteiger partial charge is 0.437 e. The number of rotatable bonds is 8. The second-order valence-electron chi connectivity index (χ2n) is 6.64. The molecule has 18 heavy (non-hydrogen) atoms. The van der Waals surface area contributed by atoms with Crippen LogP contribution in [-0.4, -0.2) is 37.8 Å². The number of carbonyl (C=O) groups excluding carboxylic acids is 1. The molecule has 0 radical (unpaired) electrons. The van der Waals surface area contributed by atoms with Crippen LogP contribution in [0.4, 0.5) is 0 Å². The van der Waals surface area contributed by atoms with Crippen molar-refractivity contribution in [2.24, 2.45) is 4.99 Å². The summed E-state index contributed by atoms with van der Waals surface area (Å²) in [6.07, 6.45) is 2.42. The summed E-state index contributed by atoms with van der Waals surface area (Å²) in [5.74, 6) is 0. The summed E-state index contributed by atoms with van der Waals surface area (Å²) in [6.45, 7) is 15.8. The van der Waals surface area contributed by atoms with Crippen molar-refractivity contribution in [3.8, 4) is 0 Å². The van der Waals surface area contributed by atoms with Crippen LogP contribution in [0.1, 0.15) is 6.42 Å². The van der Waals surface area contributed by atoms with E-state index in [4.69, 9.17) is 8.23 Å². The van der Waals surface area contributed by atoms with Crippen molar-refractivity contribution in [2.75, 3.05) is 6.54 Å². The van der Waals surface area contributed by atoms with Crippen LogP contribution in [0.5, 0.6) is 0 Å². The minimum Gasteiger partial charge on any atom is -0.437 e. The third-order valence-electron chi connectivity index (χ3n) is 2.01. The summed E-state index contributed by atoms with van der Waals surface area (Å²) < 4.78 is 12.7. The molecule has 0 N–H and O–H groups in total. The van der Waals surface area contributed by atoms with Crippen molar-refractivity contribution < 1.29 is 13.0 Å². The van der Waals surface area contributed by atoms with E-state index in [0.29, 0.717) is 6.54 Å². The van der Waals surface area contributed by atoms with Gasteiger partial charge >= 0.3 is 8.56 Å². The van der Waals surface area contributed by atoms with Crippen molar-refractivity contribution in [2.45, 2.75) is 58.3 Å².